The van der Waals surface area contributed by atoms with Gasteiger partial charge in [0.2, 0.25) is 0 Å². The van der Waals surface area contributed by atoms with Crippen LogP contribution in [0.2, 0.25) is 0 Å². The fourth-order valence-electron chi connectivity index (χ4n) is 3.20. The van der Waals surface area contributed by atoms with Gasteiger partial charge in [0.25, 0.3) is 0 Å². The van der Waals surface area contributed by atoms with E-state index >= 15 is 0 Å². The van der Waals surface area contributed by atoms with Gasteiger partial charge in [-0.2, -0.15) is 5.10 Å². The van der Waals surface area contributed by atoms with E-state index in [0.717, 1.165) is 31.2 Å². The Bertz CT molecular complexity index is 758. The van der Waals surface area contributed by atoms with Gasteiger partial charge in [0.15, 0.2) is 5.96 Å². The highest BCUT2D eigenvalue weighted by atomic mass is 127. The summed E-state index contributed by atoms with van der Waals surface area (Å²) in [6, 6.07) is 6.55. The molecule has 2 heterocycles. The molecule has 3 rings (SSSR count). The highest BCUT2D eigenvalue weighted by Crippen LogP contribution is 2.21. The van der Waals surface area contributed by atoms with Gasteiger partial charge in [-0.05, 0) is 25.0 Å². The predicted molar refractivity (Wildman–Crippen MR) is 115 cm³/mol. The van der Waals surface area contributed by atoms with E-state index in [1.54, 1.807) is 0 Å². The Kier molecular flexibility index (Phi) is 7.45. The number of nitrogens with one attached hydrogen (secondary N) is 1. The fourth-order valence-corrected chi connectivity index (χ4v) is 3.20. The van der Waals surface area contributed by atoms with Crippen molar-refractivity contribution in [3.63, 3.8) is 0 Å². The third-order valence-corrected chi connectivity index (χ3v) is 4.61. The van der Waals surface area contributed by atoms with Crippen LogP contribution >= 0.6 is 24.0 Å². The number of hydrogen-bond acceptors (Lipinski definition) is 3. The van der Waals surface area contributed by atoms with E-state index in [1.165, 1.54) is 16.7 Å². The van der Waals surface area contributed by atoms with Crippen LogP contribution < -0.4 is 5.32 Å². The minimum absolute atomic E-state index is 0. The van der Waals surface area contributed by atoms with Crippen molar-refractivity contribution in [2.24, 2.45) is 12.0 Å². The number of nitrogens with zero attached hydrogens (tertiary/aromatic N) is 4. The highest BCUT2D eigenvalue weighted by molar-refractivity contribution is 14.0. The molecule has 6 nitrogen and oxygen atoms in total. The minimum Gasteiger partial charge on any atom is -0.370 e. The Morgan fingerprint density at radius 2 is 2.19 bits per heavy atom. The van der Waals surface area contributed by atoms with Crippen molar-refractivity contribution in [1.29, 1.82) is 0 Å². The molecule has 1 N–H and O–H groups in total. The molecule has 0 saturated carbocycles. The number of rotatable bonds is 3. The van der Waals surface area contributed by atoms with Gasteiger partial charge < -0.3 is 15.0 Å². The Labute approximate surface area is 172 Å². The summed E-state index contributed by atoms with van der Waals surface area (Å²) in [5.41, 5.74) is 5.00. The highest BCUT2D eigenvalue weighted by Gasteiger charge is 2.25. The molecule has 0 bridgehead atoms. The van der Waals surface area contributed by atoms with E-state index in [1.807, 2.05) is 31.2 Å². The maximum atomic E-state index is 5.92. The zero-order chi connectivity index (χ0) is 17.8. The van der Waals surface area contributed by atoms with Crippen LogP contribution in [-0.4, -0.2) is 47.4 Å². The molecule has 1 aliphatic heterocycles. The molecule has 7 heteroatoms. The van der Waals surface area contributed by atoms with Crippen LogP contribution in [0.4, 0.5) is 0 Å². The van der Waals surface area contributed by atoms with Crippen LogP contribution in [0.1, 0.15) is 28.4 Å². The molecule has 142 valence electrons. The third-order valence-electron chi connectivity index (χ3n) is 4.61. The second-order valence-corrected chi connectivity index (χ2v) is 6.58. The van der Waals surface area contributed by atoms with Gasteiger partial charge >= 0.3 is 0 Å². The van der Waals surface area contributed by atoms with Crippen molar-refractivity contribution in [1.82, 2.24) is 20.0 Å². The Hall–Kier alpha value is -1.61. The molecule has 1 aliphatic rings. The van der Waals surface area contributed by atoms with Crippen molar-refractivity contribution in [3.05, 3.63) is 52.8 Å². The largest absolute Gasteiger partial charge is 0.370 e. The SMILES string of the molecule is CN=C(NCc1ccc(C)cc1C)N1CCOC(c2cnn(C)c2)C1.I. The van der Waals surface area contributed by atoms with E-state index in [0.29, 0.717) is 6.61 Å². The van der Waals surface area contributed by atoms with Gasteiger partial charge in [0, 0.05) is 38.9 Å². The fraction of sp³-hybridized carbons (Fsp3) is 0.474. The Morgan fingerprint density at radius 3 is 2.85 bits per heavy atom. The van der Waals surface area contributed by atoms with Gasteiger partial charge in [-0.1, -0.05) is 23.8 Å². The zero-order valence-corrected chi connectivity index (χ0v) is 18.2. The van der Waals surface area contributed by atoms with E-state index in [4.69, 9.17) is 4.74 Å². The molecule has 1 aromatic carbocycles. The number of halogens is 1. The minimum atomic E-state index is 0. The van der Waals surface area contributed by atoms with Crippen molar-refractivity contribution in [2.75, 3.05) is 26.7 Å². The van der Waals surface area contributed by atoms with E-state index < -0.39 is 0 Å². The van der Waals surface area contributed by atoms with Crippen molar-refractivity contribution >= 4 is 29.9 Å². The van der Waals surface area contributed by atoms with Gasteiger partial charge in [-0.15, -0.1) is 24.0 Å². The third kappa shape index (κ3) is 4.97. The first-order chi connectivity index (χ1) is 12.1. The van der Waals surface area contributed by atoms with Crippen molar-refractivity contribution in [3.8, 4) is 0 Å². The lowest BCUT2D eigenvalue weighted by molar-refractivity contribution is -0.00805. The lowest BCUT2D eigenvalue weighted by atomic mass is 10.1. The average molecular weight is 469 g/mol. The molecular formula is C19H28IN5O. The number of morpholine rings is 1. The number of guanidine groups is 1. The second kappa shape index (κ2) is 9.36. The monoisotopic (exact) mass is 469 g/mol. The zero-order valence-electron chi connectivity index (χ0n) is 15.9. The lowest BCUT2D eigenvalue weighted by Gasteiger charge is -2.34. The van der Waals surface area contributed by atoms with E-state index in [-0.39, 0.29) is 30.1 Å². The summed E-state index contributed by atoms with van der Waals surface area (Å²) in [6.45, 7) is 7.34. The molecule has 0 spiro atoms. The second-order valence-electron chi connectivity index (χ2n) is 6.58. The topological polar surface area (TPSA) is 54.7 Å². The molecule has 1 fully saturated rings. The molecule has 0 aliphatic carbocycles. The first-order valence-corrected chi connectivity index (χ1v) is 8.68. The molecule has 1 atom stereocenters. The molecular weight excluding hydrogens is 441 g/mol. The van der Waals surface area contributed by atoms with Crippen LogP contribution in [-0.2, 0) is 18.3 Å². The number of aliphatic imine (C=N–C) groups is 1. The lowest BCUT2D eigenvalue weighted by Crippen LogP contribution is -2.47. The molecule has 0 radical (unpaired) electrons. The van der Waals surface area contributed by atoms with Crippen molar-refractivity contribution in [2.45, 2.75) is 26.5 Å². The van der Waals surface area contributed by atoms with Crippen LogP contribution in [0.3, 0.4) is 0 Å². The van der Waals surface area contributed by atoms with Crippen molar-refractivity contribution < 1.29 is 4.74 Å². The Morgan fingerprint density at radius 1 is 1.38 bits per heavy atom. The van der Waals surface area contributed by atoms with Gasteiger partial charge in [-0.25, -0.2) is 0 Å². The normalized spacial score (nSPS) is 17.8. The standard InChI is InChI=1S/C19H27N5O.HI/c1-14-5-6-16(15(2)9-14)10-21-19(20-3)24-7-8-25-18(13-24)17-11-22-23(4)12-17;/h5-6,9,11-12,18H,7-8,10,13H2,1-4H3,(H,20,21);1H. The smallest absolute Gasteiger partial charge is 0.194 e. The van der Waals surface area contributed by atoms with Crippen LogP contribution in [0.5, 0.6) is 0 Å². The molecule has 1 aromatic heterocycles. The summed E-state index contributed by atoms with van der Waals surface area (Å²) >= 11 is 0. The molecule has 1 unspecified atom stereocenters. The number of hydrogen-bond donors (Lipinski definition) is 1. The number of benzene rings is 1. The van der Waals surface area contributed by atoms with Gasteiger partial charge in [0.05, 0.1) is 19.3 Å². The number of aromatic nitrogens is 2. The van der Waals surface area contributed by atoms with Gasteiger partial charge in [0.1, 0.15) is 6.10 Å². The Balaban J connectivity index is 0.00000243. The summed E-state index contributed by atoms with van der Waals surface area (Å²) in [7, 11) is 3.76. The first-order valence-electron chi connectivity index (χ1n) is 8.68. The summed E-state index contributed by atoms with van der Waals surface area (Å²) in [5, 5.41) is 7.74. The summed E-state index contributed by atoms with van der Waals surface area (Å²) in [5.74, 6) is 0.914. The number of aryl methyl sites for hydroxylation is 3. The van der Waals surface area contributed by atoms with Gasteiger partial charge in [-0.3, -0.25) is 9.67 Å². The predicted octanol–water partition coefficient (Wildman–Crippen LogP) is 2.80. The molecule has 2 aromatic rings. The van der Waals surface area contributed by atoms with Crippen LogP contribution in [0, 0.1) is 13.8 Å². The van der Waals surface area contributed by atoms with E-state index in [9.17, 15) is 0 Å². The molecule has 0 amide bonds. The average Bonchev–Trinajstić information content (AvgIpc) is 3.04. The number of ether oxygens (including phenoxy) is 1. The van der Waals surface area contributed by atoms with E-state index in [2.05, 4.69) is 52.4 Å². The summed E-state index contributed by atoms with van der Waals surface area (Å²) < 4.78 is 7.73. The first kappa shape index (κ1) is 20.7. The summed E-state index contributed by atoms with van der Waals surface area (Å²) in [4.78, 5) is 6.72. The molecule has 1 saturated heterocycles. The summed E-state index contributed by atoms with van der Waals surface area (Å²) in [6.07, 6.45) is 3.92. The maximum absolute atomic E-state index is 5.92. The maximum Gasteiger partial charge on any atom is 0.194 e. The molecule has 26 heavy (non-hydrogen) atoms. The van der Waals surface area contributed by atoms with Crippen LogP contribution in [0.15, 0.2) is 35.6 Å². The quantitative estimate of drug-likeness (QED) is 0.427. The van der Waals surface area contributed by atoms with Crippen LogP contribution in [0.25, 0.3) is 0 Å².